The molecule has 4 aromatic heterocycles. The first kappa shape index (κ1) is 17.5. The van der Waals surface area contributed by atoms with E-state index >= 15 is 0 Å². The van der Waals surface area contributed by atoms with Crippen molar-refractivity contribution in [2.75, 3.05) is 0 Å². The van der Waals surface area contributed by atoms with Gasteiger partial charge in [-0.25, -0.2) is 9.97 Å². The molecule has 140 valence electrons. The zero-order valence-electron chi connectivity index (χ0n) is 15.0. The summed E-state index contributed by atoms with van der Waals surface area (Å²) < 4.78 is 7.10. The van der Waals surface area contributed by atoms with Crippen LogP contribution in [0.25, 0.3) is 17.3 Å². The first-order valence-electron chi connectivity index (χ1n) is 8.62. The van der Waals surface area contributed by atoms with Crippen molar-refractivity contribution in [1.82, 2.24) is 24.8 Å². The quantitative estimate of drug-likeness (QED) is 0.557. The number of carbonyl (C=O) groups excluding carboxylic acids is 1. The molecule has 0 spiro atoms. The van der Waals surface area contributed by atoms with Crippen LogP contribution in [0, 0.1) is 6.92 Å². The van der Waals surface area contributed by atoms with Crippen molar-refractivity contribution < 1.29 is 9.21 Å². The molecule has 0 aliphatic rings. The summed E-state index contributed by atoms with van der Waals surface area (Å²) in [6, 6.07) is 10.2. The monoisotopic (exact) mass is 375 g/mol. The number of aromatic nitrogens is 4. The standard InChI is InChI=1S/C20H17N5O3/c1-13-21-8-9-25(13)18-11-14(6-7-22-18)12-23-19(26)15-4-5-16(24-20(15)27)17-3-2-10-28-17/h2-11H,12H2,1H3,(H,23,26)(H,24,27). The summed E-state index contributed by atoms with van der Waals surface area (Å²) in [5.74, 6) is 1.60. The number of hydrogen-bond acceptors (Lipinski definition) is 5. The first-order valence-corrected chi connectivity index (χ1v) is 8.62. The smallest absolute Gasteiger partial charge is 0.261 e. The number of H-pyrrole nitrogens is 1. The second-order valence-corrected chi connectivity index (χ2v) is 6.14. The fourth-order valence-corrected chi connectivity index (χ4v) is 2.83. The summed E-state index contributed by atoms with van der Waals surface area (Å²) in [4.78, 5) is 35.8. The van der Waals surface area contributed by atoms with Gasteiger partial charge in [-0.15, -0.1) is 0 Å². The van der Waals surface area contributed by atoms with Gasteiger partial charge in [0, 0.05) is 25.1 Å². The SMILES string of the molecule is Cc1nccn1-c1cc(CNC(=O)c2ccc(-c3ccco3)[nH]c2=O)ccn1. The molecule has 8 nitrogen and oxygen atoms in total. The molecular weight excluding hydrogens is 358 g/mol. The number of nitrogens with zero attached hydrogens (tertiary/aromatic N) is 3. The van der Waals surface area contributed by atoms with E-state index in [4.69, 9.17) is 4.42 Å². The topological polar surface area (TPSA) is 106 Å². The van der Waals surface area contributed by atoms with Crippen LogP contribution in [0.5, 0.6) is 0 Å². The average molecular weight is 375 g/mol. The molecule has 0 aromatic carbocycles. The van der Waals surface area contributed by atoms with Crippen LogP contribution in [0.1, 0.15) is 21.7 Å². The Labute approximate surface area is 159 Å². The van der Waals surface area contributed by atoms with Crippen LogP contribution in [0.2, 0.25) is 0 Å². The maximum absolute atomic E-state index is 12.4. The van der Waals surface area contributed by atoms with Gasteiger partial charge in [0.05, 0.1) is 12.0 Å². The lowest BCUT2D eigenvalue weighted by molar-refractivity contribution is 0.0949. The number of furan rings is 1. The number of carbonyl (C=O) groups is 1. The Balaban J connectivity index is 1.48. The summed E-state index contributed by atoms with van der Waals surface area (Å²) in [6.45, 7) is 2.15. The van der Waals surface area contributed by atoms with E-state index in [1.54, 1.807) is 36.7 Å². The Morgan fingerprint density at radius 1 is 1.21 bits per heavy atom. The molecule has 8 heteroatoms. The van der Waals surface area contributed by atoms with Gasteiger partial charge in [-0.3, -0.25) is 14.2 Å². The predicted molar refractivity (Wildman–Crippen MR) is 102 cm³/mol. The van der Waals surface area contributed by atoms with Crippen molar-refractivity contribution in [3.05, 3.63) is 88.6 Å². The van der Waals surface area contributed by atoms with Crippen LogP contribution < -0.4 is 10.9 Å². The minimum atomic E-state index is -0.476. The second kappa shape index (κ2) is 7.36. The third-order valence-electron chi connectivity index (χ3n) is 4.28. The Bertz CT molecular complexity index is 1170. The number of amides is 1. The van der Waals surface area contributed by atoms with E-state index < -0.39 is 11.5 Å². The van der Waals surface area contributed by atoms with Crippen molar-refractivity contribution in [1.29, 1.82) is 0 Å². The highest BCUT2D eigenvalue weighted by molar-refractivity contribution is 5.94. The Morgan fingerprint density at radius 3 is 2.82 bits per heavy atom. The van der Waals surface area contributed by atoms with E-state index in [2.05, 4.69) is 20.3 Å². The first-order chi connectivity index (χ1) is 13.6. The molecule has 0 fully saturated rings. The van der Waals surface area contributed by atoms with Crippen LogP contribution in [0.4, 0.5) is 0 Å². The molecule has 0 bridgehead atoms. The third kappa shape index (κ3) is 3.48. The minimum Gasteiger partial charge on any atom is -0.463 e. The summed E-state index contributed by atoms with van der Waals surface area (Å²) in [5, 5.41) is 2.76. The van der Waals surface area contributed by atoms with Gasteiger partial charge < -0.3 is 14.7 Å². The number of rotatable bonds is 5. The highest BCUT2D eigenvalue weighted by atomic mass is 16.3. The van der Waals surface area contributed by atoms with Crippen molar-refractivity contribution >= 4 is 5.91 Å². The molecular formula is C20H17N5O3. The number of pyridine rings is 2. The molecule has 0 atom stereocenters. The van der Waals surface area contributed by atoms with Gasteiger partial charge >= 0.3 is 0 Å². The largest absolute Gasteiger partial charge is 0.463 e. The van der Waals surface area contributed by atoms with E-state index in [0.29, 0.717) is 17.3 Å². The van der Waals surface area contributed by atoms with E-state index in [-0.39, 0.29) is 12.1 Å². The minimum absolute atomic E-state index is 0.0371. The zero-order valence-corrected chi connectivity index (χ0v) is 15.0. The van der Waals surface area contributed by atoms with Gasteiger partial charge in [-0.05, 0) is 48.9 Å². The fourth-order valence-electron chi connectivity index (χ4n) is 2.83. The molecule has 2 N–H and O–H groups in total. The van der Waals surface area contributed by atoms with Crippen LogP contribution in [0.3, 0.4) is 0 Å². The fraction of sp³-hybridized carbons (Fsp3) is 0.100. The van der Waals surface area contributed by atoms with E-state index in [1.807, 2.05) is 23.8 Å². The Morgan fingerprint density at radius 2 is 2.11 bits per heavy atom. The lowest BCUT2D eigenvalue weighted by Crippen LogP contribution is -2.29. The zero-order chi connectivity index (χ0) is 19.5. The van der Waals surface area contributed by atoms with E-state index in [0.717, 1.165) is 11.4 Å². The van der Waals surface area contributed by atoms with E-state index in [9.17, 15) is 9.59 Å². The number of aryl methyl sites for hydroxylation is 1. The Kier molecular flexibility index (Phi) is 4.59. The summed E-state index contributed by atoms with van der Waals surface area (Å²) in [6.07, 6.45) is 6.70. The van der Waals surface area contributed by atoms with Gasteiger partial charge in [0.2, 0.25) is 0 Å². The molecule has 4 heterocycles. The van der Waals surface area contributed by atoms with Crippen molar-refractivity contribution in [3.8, 4) is 17.3 Å². The summed E-state index contributed by atoms with van der Waals surface area (Å²) >= 11 is 0. The molecule has 4 rings (SSSR count). The molecule has 1 amide bonds. The van der Waals surface area contributed by atoms with Crippen molar-refractivity contribution in [2.24, 2.45) is 0 Å². The number of nitrogens with one attached hydrogen (secondary N) is 2. The Hall–Kier alpha value is -3.94. The van der Waals surface area contributed by atoms with Crippen LogP contribution >= 0.6 is 0 Å². The molecule has 0 saturated carbocycles. The van der Waals surface area contributed by atoms with Crippen LogP contribution in [0.15, 0.2) is 70.5 Å². The summed E-state index contributed by atoms with van der Waals surface area (Å²) in [7, 11) is 0. The highest BCUT2D eigenvalue weighted by Gasteiger charge is 2.12. The molecule has 0 unspecified atom stereocenters. The molecule has 0 radical (unpaired) electrons. The number of aromatic amines is 1. The third-order valence-corrected chi connectivity index (χ3v) is 4.28. The van der Waals surface area contributed by atoms with Crippen molar-refractivity contribution in [2.45, 2.75) is 13.5 Å². The highest BCUT2D eigenvalue weighted by Crippen LogP contribution is 2.15. The second-order valence-electron chi connectivity index (χ2n) is 6.14. The average Bonchev–Trinajstić information content (AvgIpc) is 3.38. The van der Waals surface area contributed by atoms with Crippen molar-refractivity contribution in [3.63, 3.8) is 0 Å². The van der Waals surface area contributed by atoms with Crippen LogP contribution in [-0.2, 0) is 6.54 Å². The summed E-state index contributed by atoms with van der Waals surface area (Å²) in [5.41, 5.74) is 0.932. The van der Waals surface area contributed by atoms with Gasteiger partial charge in [0.15, 0.2) is 0 Å². The number of imidazole rings is 1. The lowest BCUT2D eigenvalue weighted by Gasteiger charge is -2.08. The lowest BCUT2D eigenvalue weighted by atomic mass is 10.2. The van der Waals surface area contributed by atoms with E-state index in [1.165, 1.54) is 12.3 Å². The molecule has 4 aromatic rings. The molecule has 0 aliphatic heterocycles. The van der Waals surface area contributed by atoms with Gasteiger partial charge in [0.1, 0.15) is 23.0 Å². The molecule has 0 aliphatic carbocycles. The normalized spacial score (nSPS) is 10.8. The number of hydrogen-bond donors (Lipinski definition) is 2. The molecule has 28 heavy (non-hydrogen) atoms. The van der Waals surface area contributed by atoms with Gasteiger partial charge in [-0.1, -0.05) is 0 Å². The van der Waals surface area contributed by atoms with Gasteiger partial charge in [0.25, 0.3) is 11.5 Å². The predicted octanol–water partition coefficient (Wildman–Crippen LogP) is 2.45. The van der Waals surface area contributed by atoms with Gasteiger partial charge in [-0.2, -0.15) is 0 Å². The van der Waals surface area contributed by atoms with Crippen LogP contribution in [-0.4, -0.2) is 25.4 Å². The maximum Gasteiger partial charge on any atom is 0.261 e. The maximum atomic E-state index is 12.4. The molecule has 0 saturated heterocycles.